The summed E-state index contributed by atoms with van der Waals surface area (Å²) in [5.41, 5.74) is 4.60. The van der Waals surface area contributed by atoms with Crippen LogP contribution in [0.15, 0.2) is 59.7 Å². The number of hydrazone groups is 1. The van der Waals surface area contributed by atoms with Gasteiger partial charge in [-0.15, -0.1) is 11.3 Å². The van der Waals surface area contributed by atoms with Crippen LogP contribution in [0.5, 0.6) is 0 Å². The first-order valence-electron chi connectivity index (χ1n) is 8.39. The van der Waals surface area contributed by atoms with Crippen molar-refractivity contribution < 1.29 is 9.72 Å². The maximum atomic E-state index is 12.2. The summed E-state index contributed by atoms with van der Waals surface area (Å²) in [4.78, 5) is 25.0. The van der Waals surface area contributed by atoms with Gasteiger partial charge in [-0.2, -0.15) is 5.10 Å². The number of nitrogens with zero attached hydrogens (tertiary/aromatic N) is 3. The van der Waals surface area contributed by atoms with Gasteiger partial charge in [0.15, 0.2) is 0 Å². The van der Waals surface area contributed by atoms with Crippen LogP contribution >= 0.6 is 11.3 Å². The van der Waals surface area contributed by atoms with Gasteiger partial charge in [-0.1, -0.05) is 18.2 Å². The Bertz CT molecular complexity index is 1070. The second-order valence-electron chi connectivity index (χ2n) is 6.15. The van der Waals surface area contributed by atoms with E-state index in [0.29, 0.717) is 10.3 Å². The van der Waals surface area contributed by atoms with E-state index in [0.717, 1.165) is 16.0 Å². The summed E-state index contributed by atoms with van der Waals surface area (Å²) in [6, 6.07) is 14.2. The highest BCUT2D eigenvalue weighted by Crippen LogP contribution is 2.28. The number of carbonyl (C=O) groups is 1. The average molecular weight is 394 g/mol. The minimum absolute atomic E-state index is 0.000898. The molecule has 0 fully saturated rings. The maximum Gasteiger partial charge on any atom is 0.281 e. The molecule has 28 heavy (non-hydrogen) atoms. The number of nitrogens with one attached hydrogen (secondary N) is 1. The quantitative estimate of drug-likeness (QED) is 0.383. The number of thiophene rings is 1. The van der Waals surface area contributed by atoms with Gasteiger partial charge in [0.05, 0.1) is 9.80 Å². The van der Waals surface area contributed by atoms with Gasteiger partial charge in [0.25, 0.3) is 11.6 Å². The van der Waals surface area contributed by atoms with Gasteiger partial charge in [0.1, 0.15) is 0 Å². The molecule has 7 nitrogen and oxygen atoms in total. The molecule has 0 aliphatic heterocycles. The number of carbonyl (C=O) groups excluding carboxylic acids is 1. The summed E-state index contributed by atoms with van der Waals surface area (Å²) in [6.45, 7) is 0. The Morgan fingerprint density at radius 2 is 1.93 bits per heavy atom. The van der Waals surface area contributed by atoms with Crippen LogP contribution in [0.1, 0.15) is 15.2 Å². The first-order chi connectivity index (χ1) is 13.4. The maximum absolute atomic E-state index is 12.2. The van der Waals surface area contributed by atoms with E-state index in [1.165, 1.54) is 29.7 Å². The molecule has 0 radical (unpaired) electrons. The Morgan fingerprint density at radius 1 is 1.18 bits per heavy atom. The van der Waals surface area contributed by atoms with Crippen molar-refractivity contribution in [3.05, 3.63) is 75.2 Å². The summed E-state index contributed by atoms with van der Waals surface area (Å²) in [6.07, 6.45) is 5.11. The number of nitro groups is 1. The van der Waals surface area contributed by atoms with Crippen molar-refractivity contribution in [1.29, 1.82) is 0 Å². The third kappa shape index (κ3) is 4.60. The summed E-state index contributed by atoms with van der Waals surface area (Å²) in [5, 5.41) is 15.4. The van der Waals surface area contributed by atoms with Crippen molar-refractivity contribution in [1.82, 2.24) is 5.43 Å². The molecule has 0 bridgehead atoms. The first kappa shape index (κ1) is 19.2. The number of anilines is 1. The third-order valence-electron chi connectivity index (χ3n) is 3.96. The number of non-ortho nitro benzene ring substituents is 1. The van der Waals surface area contributed by atoms with Gasteiger partial charge in [-0.3, -0.25) is 14.9 Å². The molecule has 8 heteroatoms. The number of rotatable bonds is 6. The van der Waals surface area contributed by atoms with Crippen LogP contribution in [0.2, 0.25) is 0 Å². The van der Waals surface area contributed by atoms with E-state index >= 15 is 0 Å². The Morgan fingerprint density at radius 3 is 2.61 bits per heavy atom. The van der Waals surface area contributed by atoms with Crippen LogP contribution in [0.25, 0.3) is 16.2 Å². The average Bonchev–Trinajstić information content (AvgIpc) is 3.11. The Kier molecular flexibility index (Phi) is 5.81. The topological polar surface area (TPSA) is 87.8 Å². The minimum atomic E-state index is -0.457. The lowest BCUT2D eigenvalue weighted by molar-refractivity contribution is -0.384. The number of hydrogen-bond acceptors (Lipinski definition) is 6. The number of benzene rings is 2. The van der Waals surface area contributed by atoms with E-state index in [1.54, 1.807) is 18.2 Å². The standard InChI is InChI=1S/C20H18N4O3S/c1-23(2)16-7-5-14(6-8-16)4-3-11-21-22-20(25)19-13-15-12-17(24(26)27)9-10-18(15)28-19/h3-13H,1-2H3,(H,22,25). The van der Waals surface area contributed by atoms with Gasteiger partial charge in [-0.25, -0.2) is 5.43 Å². The highest BCUT2D eigenvalue weighted by atomic mass is 32.1. The van der Waals surface area contributed by atoms with Crippen molar-refractivity contribution >= 4 is 51.0 Å². The number of allylic oxidation sites excluding steroid dienone is 1. The first-order valence-corrected chi connectivity index (χ1v) is 9.21. The largest absolute Gasteiger partial charge is 0.378 e. The van der Waals surface area contributed by atoms with Crippen molar-refractivity contribution in [3.8, 4) is 0 Å². The number of fused-ring (bicyclic) bond motifs is 1. The van der Waals surface area contributed by atoms with E-state index in [1.807, 2.05) is 49.3 Å². The fraction of sp³-hybridized carbons (Fsp3) is 0.100. The molecular weight excluding hydrogens is 376 g/mol. The van der Waals surface area contributed by atoms with E-state index in [2.05, 4.69) is 10.5 Å². The molecule has 0 saturated heterocycles. The van der Waals surface area contributed by atoms with Crippen molar-refractivity contribution in [3.63, 3.8) is 0 Å². The lowest BCUT2D eigenvalue weighted by atomic mass is 10.2. The van der Waals surface area contributed by atoms with Gasteiger partial charge in [0.2, 0.25) is 0 Å². The van der Waals surface area contributed by atoms with Crippen LogP contribution in [0.4, 0.5) is 11.4 Å². The van der Waals surface area contributed by atoms with E-state index in [-0.39, 0.29) is 11.6 Å². The van der Waals surface area contributed by atoms with Gasteiger partial charge in [-0.05, 0) is 35.9 Å². The molecule has 0 aliphatic rings. The van der Waals surface area contributed by atoms with Crippen LogP contribution in [0.3, 0.4) is 0 Å². The summed E-state index contributed by atoms with van der Waals surface area (Å²) >= 11 is 1.26. The Balaban J connectivity index is 1.60. The van der Waals surface area contributed by atoms with E-state index < -0.39 is 4.92 Å². The number of amides is 1. The highest BCUT2D eigenvalue weighted by Gasteiger charge is 2.12. The molecule has 1 N–H and O–H groups in total. The van der Waals surface area contributed by atoms with Crippen LogP contribution in [-0.4, -0.2) is 31.1 Å². The fourth-order valence-electron chi connectivity index (χ4n) is 2.49. The normalized spacial score (nSPS) is 11.4. The van der Waals surface area contributed by atoms with Crippen molar-refractivity contribution in [2.75, 3.05) is 19.0 Å². The molecule has 0 aliphatic carbocycles. The molecule has 0 atom stereocenters. The zero-order valence-electron chi connectivity index (χ0n) is 15.3. The summed E-state index contributed by atoms with van der Waals surface area (Å²) in [5.74, 6) is -0.358. The number of hydrogen-bond donors (Lipinski definition) is 1. The SMILES string of the molecule is CN(C)c1ccc(C=CC=NNC(=O)c2cc3cc([N+](=O)[O-])ccc3s2)cc1. The zero-order chi connectivity index (χ0) is 20.1. The summed E-state index contributed by atoms with van der Waals surface area (Å²) in [7, 11) is 3.97. The lowest BCUT2D eigenvalue weighted by Gasteiger charge is -2.11. The molecule has 0 unspecified atom stereocenters. The van der Waals surface area contributed by atoms with Gasteiger partial charge >= 0.3 is 0 Å². The fourth-order valence-corrected chi connectivity index (χ4v) is 3.42. The zero-order valence-corrected chi connectivity index (χ0v) is 16.1. The Labute approximate surface area is 165 Å². The van der Waals surface area contributed by atoms with Crippen molar-refractivity contribution in [2.45, 2.75) is 0 Å². The molecule has 1 amide bonds. The van der Waals surface area contributed by atoms with Crippen LogP contribution in [0, 0.1) is 10.1 Å². The molecule has 1 aromatic heterocycles. The van der Waals surface area contributed by atoms with Gasteiger partial charge in [0, 0.05) is 48.2 Å². The molecule has 1 heterocycles. The highest BCUT2D eigenvalue weighted by molar-refractivity contribution is 7.20. The molecule has 0 spiro atoms. The molecule has 3 aromatic rings. The smallest absolute Gasteiger partial charge is 0.281 e. The predicted octanol–water partition coefficient (Wildman–Crippen LogP) is 4.30. The second-order valence-corrected chi connectivity index (χ2v) is 7.24. The van der Waals surface area contributed by atoms with Crippen LogP contribution < -0.4 is 10.3 Å². The molecule has 3 rings (SSSR count). The summed E-state index contributed by atoms with van der Waals surface area (Å²) < 4.78 is 0.806. The van der Waals surface area contributed by atoms with Crippen LogP contribution in [-0.2, 0) is 0 Å². The number of nitro benzene ring substituents is 1. The molecule has 0 saturated carbocycles. The second kappa shape index (κ2) is 8.45. The monoisotopic (exact) mass is 394 g/mol. The van der Waals surface area contributed by atoms with Crippen molar-refractivity contribution in [2.24, 2.45) is 5.10 Å². The molecular formula is C20H18N4O3S. The molecule has 142 valence electrons. The van der Waals surface area contributed by atoms with E-state index in [9.17, 15) is 14.9 Å². The predicted molar refractivity (Wildman–Crippen MR) is 114 cm³/mol. The Hall–Kier alpha value is -3.52. The minimum Gasteiger partial charge on any atom is -0.378 e. The lowest BCUT2D eigenvalue weighted by Crippen LogP contribution is -2.15. The van der Waals surface area contributed by atoms with Gasteiger partial charge < -0.3 is 4.90 Å². The third-order valence-corrected chi connectivity index (χ3v) is 5.07. The molecule has 2 aromatic carbocycles. The van der Waals surface area contributed by atoms with E-state index in [4.69, 9.17) is 0 Å².